The predicted molar refractivity (Wildman–Crippen MR) is 95.2 cm³/mol. The van der Waals surface area contributed by atoms with E-state index < -0.39 is 0 Å². The van der Waals surface area contributed by atoms with Gasteiger partial charge in [-0.2, -0.15) is 5.10 Å². The van der Waals surface area contributed by atoms with E-state index in [1.54, 1.807) is 12.1 Å². The summed E-state index contributed by atoms with van der Waals surface area (Å²) in [5, 5.41) is 5.42. The van der Waals surface area contributed by atoms with Crippen molar-refractivity contribution < 1.29 is 4.39 Å². The molecule has 2 unspecified atom stereocenters. The number of benzene rings is 1. The molecule has 3 heterocycles. The van der Waals surface area contributed by atoms with Crippen LogP contribution in [0, 0.1) is 18.2 Å². The molecule has 0 radical (unpaired) electrons. The van der Waals surface area contributed by atoms with E-state index in [-0.39, 0.29) is 28.7 Å². The van der Waals surface area contributed by atoms with Crippen molar-refractivity contribution in [1.82, 2.24) is 14.3 Å². The van der Waals surface area contributed by atoms with Crippen molar-refractivity contribution in [1.29, 1.82) is 0 Å². The minimum Gasteiger partial charge on any atom is -0.340 e. The van der Waals surface area contributed by atoms with Gasteiger partial charge in [0.15, 0.2) is 11.2 Å². The molecule has 1 fully saturated rings. The highest BCUT2D eigenvalue weighted by molar-refractivity contribution is 5.93. The van der Waals surface area contributed by atoms with E-state index in [1.165, 1.54) is 6.07 Å². The van der Waals surface area contributed by atoms with Crippen LogP contribution in [0.2, 0.25) is 0 Å². The van der Waals surface area contributed by atoms with Gasteiger partial charge < -0.3 is 4.57 Å². The highest BCUT2D eigenvalue weighted by Crippen LogP contribution is 2.56. The maximum Gasteiger partial charge on any atom is 0.185 e. The number of halogens is 1. The van der Waals surface area contributed by atoms with E-state index in [0.29, 0.717) is 5.52 Å². The third-order valence-corrected chi connectivity index (χ3v) is 6.05. The lowest BCUT2D eigenvalue weighted by atomic mass is 9.85. The standard InChI is InChI=1S/C20H20FN3O/c1-11-10-23-15(9-16(11)25)18-12-5-4-6-13(21)17(12)22-24(18)14-7-8-20(2,3)19(14)23/h4-6,9-10,14,19H,7-8H2,1-3H3. The number of aromatic nitrogens is 3. The smallest absolute Gasteiger partial charge is 0.185 e. The quantitative estimate of drug-likeness (QED) is 0.616. The third kappa shape index (κ3) is 1.81. The Bertz CT molecular complexity index is 1090. The van der Waals surface area contributed by atoms with Crippen LogP contribution in [0.4, 0.5) is 4.39 Å². The Morgan fingerprint density at radius 1 is 1.32 bits per heavy atom. The molecule has 2 aromatic heterocycles. The van der Waals surface area contributed by atoms with E-state index in [0.717, 1.165) is 35.2 Å². The Morgan fingerprint density at radius 3 is 2.92 bits per heavy atom. The fourth-order valence-electron chi connectivity index (χ4n) is 4.82. The minimum absolute atomic E-state index is 0.0119. The molecule has 3 aromatic rings. The van der Waals surface area contributed by atoms with Crippen molar-refractivity contribution in [3.05, 3.63) is 52.1 Å². The first kappa shape index (κ1) is 14.9. The first-order valence-electron chi connectivity index (χ1n) is 8.78. The molecule has 1 aromatic carbocycles. The van der Waals surface area contributed by atoms with Gasteiger partial charge in [0.1, 0.15) is 5.52 Å². The van der Waals surface area contributed by atoms with Crippen LogP contribution in [-0.4, -0.2) is 14.3 Å². The fraction of sp³-hybridized carbons (Fsp3) is 0.400. The number of fused-ring (bicyclic) bond motifs is 8. The zero-order valence-electron chi connectivity index (χ0n) is 14.6. The molecule has 0 amide bonds. The second-order valence-corrected chi connectivity index (χ2v) is 8.08. The number of aryl methyl sites for hydroxylation is 1. The minimum atomic E-state index is -0.311. The molecule has 1 aliphatic carbocycles. The van der Waals surface area contributed by atoms with Crippen molar-refractivity contribution >= 4 is 10.9 Å². The molecule has 1 saturated carbocycles. The summed E-state index contributed by atoms with van der Waals surface area (Å²) in [5.41, 5.74) is 2.95. The summed E-state index contributed by atoms with van der Waals surface area (Å²) < 4.78 is 18.6. The van der Waals surface area contributed by atoms with Crippen LogP contribution < -0.4 is 5.43 Å². The van der Waals surface area contributed by atoms with Gasteiger partial charge in [0, 0.05) is 23.2 Å². The van der Waals surface area contributed by atoms with Gasteiger partial charge in [-0.25, -0.2) is 4.39 Å². The number of rotatable bonds is 0. The summed E-state index contributed by atoms with van der Waals surface area (Å²) in [5.74, 6) is -0.311. The molecule has 25 heavy (non-hydrogen) atoms. The van der Waals surface area contributed by atoms with Crippen LogP contribution in [0.15, 0.2) is 35.3 Å². The van der Waals surface area contributed by atoms with Gasteiger partial charge in [0.2, 0.25) is 0 Å². The van der Waals surface area contributed by atoms with Gasteiger partial charge in [-0.1, -0.05) is 26.0 Å². The summed E-state index contributed by atoms with van der Waals surface area (Å²) in [4.78, 5) is 12.4. The highest BCUT2D eigenvalue weighted by atomic mass is 19.1. The number of hydrogen-bond acceptors (Lipinski definition) is 2. The monoisotopic (exact) mass is 337 g/mol. The van der Waals surface area contributed by atoms with Crippen LogP contribution in [0.3, 0.4) is 0 Å². The SMILES string of the molecule is Cc1cn2c(cc1=O)-c1c3cccc(F)c3nn1C1CCC(C)(C)C12. The zero-order valence-corrected chi connectivity index (χ0v) is 14.6. The molecule has 0 N–H and O–H groups in total. The first-order chi connectivity index (χ1) is 11.9. The van der Waals surface area contributed by atoms with Gasteiger partial charge in [-0.3, -0.25) is 9.48 Å². The van der Waals surface area contributed by atoms with Crippen LogP contribution in [0.25, 0.3) is 22.3 Å². The Balaban J connectivity index is 1.94. The van der Waals surface area contributed by atoms with Gasteiger partial charge in [-0.05, 0) is 31.2 Å². The molecule has 4 nitrogen and oxygen atoms in total. The normalized spacial score (nSPS) is 23.4. The maximum atomic E-state index is 14.3. The second-order valence-electron chi connectivity index (χ2n) is 8.08. The van der Waals surface area contributed by atoms with Crippen molar-refractivity contribution in [2.75, 3.05) is 0 Å². The van der Waals surface area contributed by atoms with Crippen molar-refractivity contribution in [3.63, 3.8) is 0 Å². The van der Waals surface area contributed by atoms with Gasteiger partial charge in [-0.15, -0.1) is 0 Å². The lowest BCUT2D eigenvalue weighted by Gasteiger charge is -2.39. The second kappa shape index (κ2) is 4.59. The molecule has 128 valence electrons. The van der Waals surface area contributed by atoms with E-state index in [1.807, 2.05) is 23.9 Å². The molecule has 2 aliphatic rings. The van der Waals surface area contributed by atoms with Crippen molar-refractivity contribution in [2.24, 2.45) is 5.41 Å². The van der Waals surface area contributed by atoms with E-state index in [9.17, 15) is 9.18 Å². The van der Waals surface area contributed by atoms with Crippen LogP contribution in [-0.2, 0) is 0 Å². The van der Waals surface area contributed by atoms with Crippen LogP contribution in [0.1, 0.15) is 44.3 Å². The molecule has 0 spiro atoms. The first-order valence-corrected chi connectivity index (χ1v) is 8.78. The van der Waals surface area contributed by atoms with Crippen LogP contribution >= 0.6 is 0 Å². The fourth-order valence-corrected chi connectivity index (χ4v) is 4.82. The van der Waals surface area contributed by atoms with Crippen molar-refractivity contribution in [3.8, 4) is 11.4 Å². The summed E-state index contributed by atoms with van der Waals surface area (Å²) in [7, 11) is 0. The molecule has 0 bridgehead atoms. The van der Waals surface area contributed by atoms with Gasteiger partial charge in [0.05, 0.1) is 23.5 Å². The summed E-state index contributed by atoms with van der Waals surface area (Å²) in [6.07, 6.45) is 4.06. The van der Waals surface area contributed by atoms with E-state index in [2.05, 4.69) is 23.5 Å². The third-order valence-electron chi connectivity index (χ3n) is 6.05. The molecule has 0 saturated heterocycles. The Morgan fingerprint density at radius 2 is 2.12 bits per heavy atom. The Labute approximate surface area is 144 Å². The predicted octanol–water partition coefficient (Wildman–Crippen LogP) is 4.23. The number of hydrogen-bond donors (Lipinski definition) is 0. The molecule has 1 aliphatic heterocycles. The Kier molecular flexibility index (Phi) is 2.73. The molecule has 5 rings (SSSR count). The molecule has 2 atom stereocenters. The maximum absolute atomic E-state index is 14.3. The topological polar surface area (TPSA) is 39.8 Å². The number of nitrogens with zero attached hydrogens (tertiary/aromatic N) is 3. The molecule has 5 heteroatoms. The van der Waals surface area contributed by atoms with Gasteiger partial charge >= 0.3 is 0 Å². The van der Waals surface area contributed by atoms with E-state index in [4.69, 9.17) is 0 Å². The molecular weight excluding hydrogens is 317 g/mol. The van der Waals surface area contributed by atoms with E-state index >= 15 is 0 Å². The summed E-state index contributed by atoms with van der Waals surface area (Å²) in [6.45, 7) is 6.39. The lowest BCUT2D eigenvalue weighted by Crippen LogP contribution is -2.34. The highest BCUT2D eigenvalue weighted by Gasteiger charge is 2.48. The lowest BCUT2D eigenvalue weighted by molar-refractivity contribution is 0.207. The average Bonchev–Trinajstić information content (AvgIpc) is 3.09. The molecular formula is C20H20FN3O. The van der Waals surface area contributed by atoms with Crippen LogP contribution in [0.5, 0.6) is 0 Å². The zero-order chi connectivity index (χ0) is 17.5. The summed E-state index contributed by atoms with van der Waals surface area (Å²) in [6, 6.07) is 7.14. The summed E-state index contributed by atoms with van der Waals surface area (Å²) >= 11 is 0. The Hall–Kier alpha value is -2.43. The van der Waals surface area contributed by atoms with Crippen molar-refractivity contribution in [2.45, 2.75) is 45.7 Å². The number of pyridine rings is 1. The largest absolute Gasteiger partial charge is 0.340 e. The average molecular weight is 337 g/mol. The van der Waals surface area contributed by atoms with Gasteiger partial charge in [0.25, 0.3) is 0 Å².